The maximum atomic E-state index is 12.2. The van der Waals surface area contributed by atoms with E-state index in [1.54, 1.807) is 24.3 Å². The normalized spacial score (nSPS) is 12.4. The molecule has 0 radical (unpaired) electrons. The van der Waals surface area contributed by atoms with E-state index in [1.165, 1.54) is 11.8 Å². The minimum atomic E-state index is -3.17. The van der Waals surface area contributed by atoms with Crippen molar-refractivity contribution in [2.24, 2.45) is 0 Å². The Kier molecular flexibility index (Phi) is 6.58. The zero-order valence-corrected chi connectivity index (χ0v) is 15.3. The smallest absolute Gasteiger partial charge is 0.319 e. The van der Waals surface area contributed by atoms with Gasteiger partial charge in [-0.2, -0.15) is 0 Å². The Balaban J connectivity index is 1.89. The van der Waals surface area contributed by atoms with Crippen LogP contribution in [0.5, 0.6) is 0 Å². The summed E-state index contributed by atoms with van der Waals surface area (Å²) < 4.78 is 23.0. The van der Waals surface area contributed by atoms with Crippen molar-refractivity contribution in [3.63, 3.8) is 0 Å². The average Bonchev–Trinajstić information content (AvgIpc) is 2.54. The first kappa shape index (κ1) is 19.0. The quantitative estimate of drug-likeness (QED) is 0.795. The molecule has 0 heterocycles. The largest absolute Gasteiger partial charge is 0.335 e. The van der Waals surface area contributed by atoms with Gasteiger partial charge in [-0.15, -0.1) is 0 Å². The minimum Gasteiger partial charge on any atom is -0.335 e. The van der Waals surface area contributed by atoms with Crippen LogP contribution >= 0.6 is 0 Å². The lowest BCUT2D eigenvalue weighted by Crippen LogP contribution is -2.36. The molecule has 0 aromatic heterocycles. The molecule has 0 bridgehead atoms. The number of sulfone groups is 1. The van der Waals surface area contributed by atoms with Crippen molar-refractivity contribution in [3.8, 4) is 0 Å². The molecule has 2 amide bonds. The average molecular weight is 360 g/mol. The third-order valence-electron chi connectivity index (χ3n) is 3.77. The summed E-state index contributed by atoms with van der Waals surface area (Å²) >= 11 is 0. The summed E-state index contributed by atoms with van der Waals surface area (Å²) in [5.74, 6) is -0.104. The van der Waals surface area contributed by atoms with Gasteiger partial charge in [-0.25, -0.2) is 13.2 Å². The Morgan fingerprint density at radius 3 is 2.36 bits per heavy atom. The predicted molar refractivity (Wildman–Crippen MR) is 101 cm³/mol. The van der Waals surface area contributed by atoms with Crippen molar-refractivity contribution in [2.45, 2.75) is 31.6 Å². The van der Waals surface area contributed by atoms with Crippen molar-refractivity contribution < 1.29 is 13.2 Å². The van der Waals surface area contributed by atoms with Gasteiger partial charge in [-0.1, -0.05) is 48.5 Å². The lowest BCUT2D eigenvalue weighted by atomic mass is 10.1. The lowest BCUT2D eigenvalue weighted by Gasteiger charge is -2.16. The molecule has 2 N–H and O–H groups in total. The van der Waals surface area contributed by atoms with Crippen LogP contribution in [0.4, 0.5) is 10.5 Å². The molecule has 0 saturated heterocycles. The van der Waals surface area contributed by atoms with Gasteiger partial charge >= 0.3 is 6.03 Å². The summed E-state index contributed by atoms with van der Waals surface area (Å²) in [5.41, 5.74) is 2.33. The molecule has 0 spiro atoms. The fourth-order valence-electron chi connectivity index (χ4n) is 2.53. The van der Waals surface area contributed by atoms with Gasteiger partial charge in [-0.05, 0) is 37.0 Å². The molecule has 2 rings (SSSR count). The van der Waals surface area contributed by atoms with E-state index in [1.807, 2.05) is 25.1 Å². The van der Waals surface area contributed by atoms with E-state index in [0.29, 0.717) is 11.3 Å². The van der Waals surface area contributed by atoms with E-state index < -0.39 is 9.84 Å². The lowest BCUT2D eigenvalue weighted by molar-refractivity contribution is 0.248. The second-order valence-electron chi connectivity index (χ2n) is 6.25. The molecule has 0 aliphatic rings. The highest BCUT2D eigenvalue weighted by atomic mass is 32.2. The maximum Gasteiger partial charge on any atom is 0.319 e. The molecule has 134 valence electrons. The second kappa shape index (κ2) is 8.67. The summed E-state index contributed by atoms with van der Waals surface area (Å²) in [6, 6.07) is 16.7. The standard InChI is InChI=1S/C19H24N2O3S/c1-15(12-13-16-8-4-3-5-9-16)20-19(22)21-18-11-7-6-10-17(18)14-25(2,23)24/h3-11,15H,12-14H2,1-2H3,(H2,20,21,22). The molecule has 0 saturated carbocycles. The number of hydrogen-bond donors (Lipinski definition) is 2. The summed E-state index contributed by atoms with van der Waals surface area (Å²) in [6.45, 7) is 1.95. The summed E-state index contributed by atoms with van der Waals surface area (Å²) in [7, 11) is -3.17. The third-order valence-corrected chi connectivity index (χ3v) is 4.60. The van der Waals surface area contributed by atoms with Crippen LogP contribution in [-0.2, 0) is 22.0 Å². The number of amides is 2. The molecule has 0 fully saturated rings. The van der Waals surface area contributed by atoms with Gasteiger partial charge in [0.05, 0.1) is 5.75 Å². The second-order valence-corrected chi connectivity index (χ2v) is 8.39. The molecule has 1 unspecified atom stereocenters. The number of anilines is 1. The Morgan fingerprint density at radius 2 is 1.68 bits per heavy atom. The van der Waals surface area contributed by atoms with Crippen LogP contribution in [0.1, 0.15) is 24.5 Å². The number of urea groups is 1. The Labute approximate surface area is 149 Å². The SMILES string of the molecule is CC(CCc1ccccc1)NC(=O)Nc1ccccc1CS(C)(=O)=O. The third kappa shape index (κ3) is 6.97. The van der Waals surface area contributed by atoms with Gasteiger partial charge in [0.15, 0.2) is 9.84 Å². The summed E-state index contributed by atoms with van der Waals surface area (Å²) in [4.78, 5) is 12.2. The van der Waals surface area contributed by atoms with Crippen molar-refractivity contribution in [2.75, 3.05) is 11.6 Å². The van der Waals surface area contributed by atoms with Crippen LogP contribution in [0.2, 0.25) is 0 Å². The summed E-state index contributed by atoms with van der Waals surface area (Å²) in [6.07, 6.45) is 2.88. The highest BCUT2D eigenvalue weighted by Crippen LogP contribution is 2.17. The van der Waals surface area contributed by atoms with Crippen LogP contribution in [0.15, 0.2) is 54.6 Å². The van der Waals surface area contributed by atoms with Crippen molar-refractivity contribution in [1.29, 1.82) is 0 Å². The van der Waals surface area contributed by atoms with E-state index >= 15 is 0 Å². The van der Waals surface area contributed by atoms with Crippen LogP contribution in [0.25, 0.3) is 0 Å². The number of nitrogens with one attached hydrogen (secondary N) is 2. The van der Waals surface area contributed by atoms with E-state index in [4.69, 9.17) is 0 Å². The number of hydrogen-bond acceptors (Lipinski definition) is 3. The minimum absolute atomic E-state index is 0.00211. The van der Waals surface area contributed by atoms with Gasteiger partial charge < -0.3 is 10.6 Å². The fraction of sp³-hybridized carbons (Fsp3) is 0.316. The maximum absolute atomic E-state index is 12.2. The van der Waals surface area contributed by atoms with Gasteiger partial charge in [0.1, 0.15) is 0 Å². The van der Waals surface area contributed by atoms with Crippen molar-refractivity contribution in [1.82, 2.24) is 5.32 Å². The van der Waals surface area contributed by atoms with Crippen molar-refractivity contribution in [3.05, 3.63) is 65.7 Å². The van der Waals surface area contributed by atoms with Crippen LogP contribution in [0, 0.1) is 0 Å². The highest BCUT2D eigenvalue weighted by molar-refractivity contribution is 7.89. The number of benzene rings is 2. The number of carbonyl (C=O) groups excluding carboxylic acids is 1. The first-order valence-corrected chi connectivity index (χ1v) is 10.3. The van der Waals surface area contributed by atoms with Crippen LogP contribution in [0.3, 0.4) is 0 Å². The highest BCUT2D eigenvalue weighted by Gasteiger charge is 2.12. The van der Waals surface area contributed by atoms with Gasteiger partial charge in [0.25, 0.3) is 0 Å². The first-order chi connectivity index (χ1) is 11.8. The molecular weight excluding hydrogens is 336 g/mol. The molecule has 25 heavy (non-hydrogen) atoms. The Hall–Kier alpha value is -2.34. The van der Waals surface area contributed by atoms with Crippen LogP contribution < -0.4 is 10.6 Å². The monoisotopic (exact) mass is 360 g/mol. The van der Waals surface area contributed by atoms with Gasteiger partial charge in [0.2, 0.25) is 0 Å². The number of para-hydroxylation sites is 1. The zero-order chi connectivity index (χ0) is 18.3. The fourth-order valence-corrected chi connectivity index (χ4v) is 3.35. The first-order valence-electron chi connectivity index (χ1n) is 8.20. The zero-order valence-electron chi connectivity index (χ0n) is 14.5. The number of rotatable bonds is 7. The molecular formula is C19H24N2O3S. The Morgan fingerprint density at radius 1 is 1.04 bits per heavy atom. The molecule has 0 aliphatic carbocycles. The van der Waals surface area contributed by atoms with E-state index in [0.717, 1.165) is 12.8 Å². The molecule has 5 nitrogen and oxygen atoms in total. The topological polar surface area (TPSA) is 75.3 Å². The van der Waals surface area contributed by atoms with Crippen LogP contribution in [-0.4, -0.2) is 26.7 Å². The number of carbonyl (C=O) groups is 1. The van der Waals surface area contributed by atoms with E-state index in [9.17, 15) is 13.2 Å². The molecule has 2 aromatic rings. The predicted octanol–water partition coefficient (Wildman–Crippen LogP) is 3.37. The molecule has 1 atom stereocenters. The van der Waals surface area contributed by atoms with E-state index in [-0.39, 0.29) is 17.8 Å². The van der Waals surface area contributed by atoms with Gasteiger partial charge in [0, 0.05) is 18.0 Å². The van der Waals surface area contributed by atoms with E-state index in [2.05, 4.69) is 22.8 Å². The molecule has 6 heteroatoms. The van der Waals surface area contributed by atoms with Gasteiger partial charge in [-0.3, -0.25) is 0 Å². The Bertz CT molecular complexity index is 804. The number of aryl methyl sites for hydroxylation is 1. The summed E-state index contributed by atoms with van der Waals surface area (Å²) in [5, 5.41) is 5.64. The molecule has 2 aromatic carbocycles. The molecule has 0 aliphatic heterocycles. The van der Waals surface area contributed by atoms with Crippen molar-refractivity contribution >= 4 is 21.6 Å².